The summed E-state index contributed by atoms with van der Waals surface area (Å²) in [6.07, 6.45) is 0.995. The Kier molecular flexibility index (Phi) is 5.94. The Balaban J connectivity index is 3.91. The van der Waals surface area contributed by atoms with Gasteiger partial charge in [-0.25, -0.2) is 0 Å². The second-order valence-corrected chi connectivity index (χ2v) is 15.9. The summed E-state index contributed by atoms with van der Waals surface area (Å²) >= 11 is 0. The third-order valence-corrected chi connectivity index (χ3v) is 9.46. The maximum Gasteiger partial charge on any atom is 0.0706 e. The fraction of sp³-hybridized carbons (Fsp3) is 0.818. The molecule has 0 aliphatic carbocycles. The minimum absolute atomic E-state index is 0.360. The first kappa shape index (κ1) is 14.1. The van der Waals surface area contributed by atoms with Crippen molar-refractivity contribution >= 4 is 16.1 Å². The Bertz CT molecular complexity index is 176. The highest BCUT2D eigenvalue weighted by Crippen LogP contribution is 2.24. The third kappa shape index (κ3) is 6.57. The molecule has 84 valence electrons. The van der Waals surface area contributed by atoms with Crippen LogP contribution in [0.2, 0.25) is 44.3 Å². The highest BCUT2D eigenvalue weighted by molar-refractivity contribution is 6.85. The SMILES string of the molecule is C=C[Si](C)(C)CC[Si](C)(C)CCCO. The van der Waals surface area contributed by atoms with Crippen molar-refractivity contribution in [2.45, 2.75) is 50.7 Å². The molecule has 0 saturated carbocycles. The molecule has 0 unspecified atom stereocenters. The molecule has 0 aromatic rings. The Hall–Kier alpha value is 0.134. The zero-order chi connectivity index (χ0) is 11.2. The quantitative estimate of drug-likeness (QED) is 0.664. The van der Waals surface area contributed by atoms with E-state index in [-0.39, 0.29) is 0 Å². The van der Waals surface area contributed by atoms with Crippen molar-refractivity contribution in [1.82, 2.24) is 0 Å². The summed E-state index contributed by atoms with van der Waals surface area (Å²) in [4.78, 5) is 0. The second kappa shape index (κ2) is 5.88. The summed E-state index contributed by atoms with van der Waals surface area (Å²) < 4.78 is 0. The number of hydrogen-bond acceptors (Lipinski definition) is 1. The van der Waals surface area contributed by atoms with Crippen LogP contribution in [-0.4, -0.2) is 27.9 Å². The van der Waals surface area contributed by atoms with Crippen molar-refractivity contribution in [2.75, 3.05) is 6.61 Å². The topological polar surface area (TPSA) is 20.2 Å². The van der Waals surface area contributed by atoms with Gasteiger partial charge in [-0.15, -0.1) is 12.3 Å². The van der Waals surface area contributed by atoms with Crippen LogP contribution in [0.4, 0.5) is 0 Å². The molecule has 0 fully saturated rings. The van der Waals surface area contributed by atoms with Crippen molar-refractivity contribution in [3.05, 3.63) is 12.3 Å². The van der Waals surface area contributed by atoms with E-state index in [4.69, 9.17) is 5.11 Å². The summed E-state index contributed by atoms with van der Waals surface area (Å²) in [6, 6.07) is 4.05. The highest BCUT2D eigenvalue weighted by atomic mass is 28.3. The molecule has 0 saturated heterocycles. The van der Waals surface area contributed by atoms with E-state index in [1.807, 2.05) is 0 Å². The number of aliphatic hydroxyl groups is 1. The van der Waals surface area contributed by atoms with Crippen LogP contribution in [0.15, 0.2) is 12.3 Å². The van der Waals surface area contributed by atoms with Gasteiger partial charge in [-0.3, -0.25) is 0 Å². The van der Waals surface area contributed by atoms with Gasteiger partial charge in [0.25, 0.3) is 0 Å². The van der Waals surface area contributed by atoms with Crippen LogP contribution in [0, 0.1) is 0 Å². The monoisotopic (exact) mass is 230 g/mol. The Morgan fingerprint density at radius 2 is 1.64 bits per heavy atom. The van der Waals surface area contributed by atoms with Crippen molar-refractivity contribution < 1.29 is 5.11 Å². The molecule has 0 rings (SSSR count). The van der Waals surface area contributed by atoms with Gasteiger partial charge in [-0.2, -0.15) is 0 Å². The molecule has 14 heavy (non-hydrogen) atoms. The van der Waals surface area contributed by atoms with E-state index in [1.165, 1.54) is 18.1 Å². The van der Waals surface area contributed by atoms with Crippen LogP contribution >= 0.6 is 0 Å². The molecular formula is C11H26OSi2. The summed E-state index contributed by atoms with van der Waals surface area (Å²) in [7, 11) is -2.11. The third-order valence-electron chi connectivity index (χ3n) is 3.01. The van der Waals surface area contributed by atoms with Crippen LogP contribution in [0.25, 0.3) is 0 Å². The van der Waals surface area contributed by atoms with E-state index in [2.05, 4.69) is 38.5 Å². The van der Waals surface area contributed by atoms with Gasteiger partial charge < -0.3 is 5.11 Å². The maximum atomic E-state index is 8.82. The van der Waals surface area contributed by atoms with Crippen molar-refractivity contribution in [3.63, 3.8) is 0 Å². The highest BCUT2D eigenvalue weighted by Gasteiger charge is 2.24. The molecule has 1 N–H and O–H groups in total. The van der Waals surface area contributed by atoms with E-state index in [0.717, 1.165) is 6.42 Å². The molecule has 0 heterocycles. The summed E-state index contributed by atoms with van der Waals surface area (Å²) in [6.45, 7) is 13.9. The standard InChI is InChI=1S/C11H26OSi2/c1-6-13(2,3)10-11-14(4,5)9-7-8-12/h6,12H,1,7-11H2,2-5H3. The lowest BCUT2D eigenvalue weighted by atomic mass is 10.5. The van der Waals surface area contributed by atoms with Crippen molar-refractivity contribution in [1.29, 1.82) is 0 Å². The van der Waals surface area contributed by atoms with Crippen molar-refractivity contribution in [3.8, 4) is 0 Å². The van der Waals surface area contributed by atoms with Gasteiger partial charge in [0.1, 0.15) is 0 Å². The van der Waals surface area contributed by atoms with Gasteiger partial charge in [-0.1, -0.05) is 44.3 Å². The predicted molar refractivity (Wildman–Crippen MR) is 71.3 cm³/mol. The van der Waals surface area contributed by atoms with Gasteiger partial charge >= 0.3 is 0 Å². The number of hydrogen-bond donors (Lipinski definition) is 1. The van der Waals surface area contributed by atoms with E-state index in [9.17, 15) is 0 Å². The molecule has 0 amide bonds. The van der Waals surface area contributed by atoms with Gasteiger partial charge in [0.2, 0.25) is 0 Å². The number of rotatable bonds is 7. The Morgan fingerprint density at radius 1 is 1.07 bits per heavy atom. The lowest BCUT2D eigenvalue weighted by Gasteiger charge is -2.26. The van der Waals surface area contributed by atoms with E-state index in [1.54, 1.807) is 0 Å². The lowest BCUT2D eigenvalue weighted by Crippen LogP contribution is -2.31. The molecule has 0 aliphatic heterocycles. The van der Waals surface area contributed by atoms with Crippen LogP contribution in [-0.2, 0) is 0 Å². The Labute approximate surface area is 91.3 Å². The van der Waals surface area contributed by atoms with Gasteiger partial charge in [0.15, 0.2) is 0 Å². The molecule has 0 bridgehead atoms. The second-order valence-electron chi connectivity index (χ2n) is 5.68. The molecule has 0 aromatic heterocycles. The molecule has 0 atom stereocenters. The first-order chi connectivity index (χ1) is 6.33. The van der Waals surface area contributed by atoms with E-state index < -0.39 is 16.1 Å². The van der Waals surface area contributed by atoms with Crippen LogP contribution in [0.1, 0.15) is 6.42 Å². The summed E-state index contributed by atoms with van der Waals surface area (Å²) in [5.41, 5.74) is 2.20. The minimum Gasteiger partial charge on any atom is -0.396 e. The van der Waals surface area contributed by atoms with Crippen LogP contribution in [0.5, 0.6) is 0 Å². The average Bonchev–Trinajstić information content (AvgIpc) is 2.12. The Morgan fingerprint density at radius 3 is 2.07 bits per heavy atom. The fourth-order valence-electron chi connectivity index (χ4n) is 1.45. The average molecular weight is 230 g/mol. The predicted octanol–water partition coefficient (Wildman–Crippen LogP) is 3.51. The van der Waals surface area contributed by atoms with E-state index >= 15 is 0 Å². The molecule has 0 radical (unpaired) electrons. The molecule has 0 aliphatic rings. The first-order valence-corrected chi connectivity index (χ1v) is 12.3. The van der Waals surface area contributed by atoms with Crippen molar-refractivity contribution in [2.24, 2.45) is 0 Å². The smallest absolute Gasteiger partial charge is 0.0706 e. The molecule has 0 aromatic carbocycles. The zero-order valence-corrected chi connectivity index (χ0v) is 12.3. The molecule has 0 spiro atoms. The largest absolute Gasteiger partial charge is 0.396 e. The fourth-order valence-corrected chi connectivity index (χ4v) is 8.30. The lowest BCUT2D eigenvalue weighted by molar-refractivity contribution is 0.294. The van der Waals surface area contributed by atoms with Gasteiger partial charge in [-0.05, 0) is 6.42 Å². The molecular weight excluding hydrogens is 204 g/mol. The van der Waals surface area contributed by atoms with Gasteiger partial charge in [0.05, 0.1) is 8.07 Å². The van der Waals surface area contributed by atoms with Crippen LogP contribution in [0.3, 0.4) is 0 Å². The van der Waals surface area contributed by atoms with Gasteiger partial charge in [0, 0.05) is 14.7 Å². The molecule has 1 nitrogen and oxygen atoms in total. The summed E-state index contributed by atoms with van der Waals surface area (Å²) in [5.74, 6) is 0. The number of aliphatic hydroxyl groups excluding tert-OH is 1. The minimum atomic E-state index is -1.09. The van der Waals surface area contributed by atoms with E-state index in [0.29, 0.717) is 6.61 Å². The normalized spacial score (nSPS) is 12.9. The van der Waals surface area contributed by atoms with Crippen LogP contribution < -0.4 is 0 Å². The maximum absolute atomic E-state index is 8.82. The summed E-state index contributed by atoms with van der Waals surface area (Å²) in [5, 5.41) is 8.82. The zero-order valence-electron chi connectivity index (χ0n) is 10.3. The first-order valence-electron chi connectivity index (χ1n) is 5.57. The molecule has 3 heteroatoms.